The van der Waals surface area contributed by atoms with Crippen LogP contribution in [0.2, 0.25) is 0 Å². The Morgan fingerprint density at radius 2 is 1.57 bits per heavy atom. The number of rotatable bonds is 5. The molecule has 2 saturated heterocycles. The van der Waals surface area contributed by atoms with Crippen molar-refractivity contribution in [1.82, 2.24) is 0 Å². The maximum Gasteiger partial charge on any atom is 0.224 e. The second-order valence-corrected chi connectivity index (χ2v) is 5.79. The smallest absolute Gasteiger partial charge is 0.224 e. The summed E-state index contributed by atoms with van der Waals surface area (Å²) in [6.45, 7) is 0.156. The lowest BCUT2D eigenvalue weighted by Crippen LogP contribution is -2.62. The van der Waals surface area contributed by atoms with Crippen LogP contribution in [0.15, 0.2) is 0 Å². The fraction of sp³-hybridized carbons (Fsp3) is 1.00. The Hall–Kier alpha value is -0.400. The summed E-state index contributed by atoms with van der Waals surface area (Å²) in [4.78, 5) is 0. The van der Waals surface area contributed by atoms with Crippen molar-refractivity contribution in [3.8, 4) is 0 Å². The number of hydrogen-bond acceptors (Lipinski definition) is 10. The molecule has 23 heavy (non-hydrogen) atoms. The maximum absolute atomic E-state index is 10.0. The zero-order valence-corrected chi connectivity index (χ0v) is 12.6. The molecule has 2 aliphatic rings. The molecule has 136 valence electrons. The molecule has 2 heterocycles. The zero-order chi connectivity index (χ0) is 17.4. The first-order valence-corrected chi connectivity index (χ1v) is 7.44. The van der Waals surface area contributed by atoms with Crippen LogP contribution < -0.4 is 0 Å². The topological polar surface area (TPSA) is 169 Å². The highest BCUT2D eigenvalue weighted by atomic mass is 16.8. The Kier molecular flexibility index (Phi) is 5.95. The molecule has 0 unspecified atom stereocenters. The van der Waals surface area contributed by atoms with Gasteiger partial charge in [0.25, 0.3) is 0 Å². The molecular formula is C13H24O10. The monoisotopic (exact) mass is 340 g/mol. The first kappa shape index (κ1) is 18.9. The van der Waals surface area contributed by atoms with Crippen LogP contribution in [0.5, 0.6) is 0 Å². The molecule has 10 nitrogen and oxygen atoms in total. The molecular weight excluding hydrogens is 316 g/mol. The van der Waals surface area contributed by atoms with Gasteiger partial charge in [-0.1, -0.05) is 6.92 Å². The Labute approximate surface area is 132 Å². The Balaban J connectivity index is 2.18. The van der Waals surface area contributed by atoms with Crippen molar-refractivity contribution in [2.75, 3.05) is 13.2 Å². The third kappa shape index (κ3) is 3.24. The van der Waals surface area contributed by atoms with Gasteiger partial charge in [0.15, 0.2) is 6.29 Å². The SMILES string of the molecule is CC[C@H]1O[C@H](O[C@]2(CO)O[C@H](CO)[C@@H](O)[C@@H]2O)[C@@H](O)[C@@H](O)[C@@H]1O. The molecule has 0 saturated carbocycles. The number of ether oxygens (including phenoxy) is 3. The minimum absolute atomic E-state index is 0.308. The number of hydrogen-bond donors (Lipinski definition) is 7. The van der Waals surface area contributed by atoms with Crippen molar-refractivity contribution in [2.45, 2.75) is 68.1 Å². The van der Waals surface area contributed by atoms with Crippen LogP contribution in [-0.2, 0) is 14.2 Å². The van der Waals surface area contributed by atoms with Crippen LogP contribution in [0.1, 0.15) is 13.3 Å². The third-order valence-corrected chi connectivity index (χ3v) is 4.29. The molecule has 0 bridgehead atoms. The highest BCUT2D eigenvalue weighted by molar-refractivity contribution is 4.98. The van der Waals surface area contributed by atoms with E-state index in [2.05, 4.69) is 0 Å². The summed E-state index contributed by atoms with van der Waals surface area (Å²) in [5.74, 6) is -2.14. The fourth-order valence-electron chi connectivity index (χ4n) is 2.82. The second-order valence-electron chi connectivity index (χ2n) is 5.79. The minimum Gasteiger partial charge on any atom is -0.394 e. The first-order chi connectivity index (χ1) is 10.8. The molecule has 2 fully saturated rings. The van der Waals surface area contributed by atoms with Gasteiger partial charge in [-0.25, -0.2) is 0 Å². The first-order valence-electron chi connectivity index (χ1n) is 7.44. The van der Waals surface area contributed by atoms with E-state index in [1.165, 1.54) is 0 Å². The average molecular weight is 340 g/mol. The van der Waals surface area contributed by atoms with E-state index in [1.54, 1.807) is 6.92 Å². The summed E-state index contributed by atoms with van der Waals surface area (Å²) in [5.41, 5.74) is 0. The van der Waals surface area contributed by atoms with E-state index in [4.69, 9.17) is 19.3 Å². The zero-order valence-electron chi connectivity index (χ0n) is 12.6. The van der Waals surface area contributed by atoms with Crippen LogP contribution in [0.3, 0.4) is 0 Å². The number of aliphatic hydroxyl groups is 7. The molecule has 2 aliphatic heterocycles. The van der Waals surface area contributed by atoms with Crippen molar-refractivity contribution in [3.63, 3.8) is 0 Å². The van der Waals surface area contributed by atoms with E-state index in [0.717, 1.165) is 0 Å². The summed E-state index contributed by atoms with van der Waals surface area (Å²) < 4.78 is 15.9. The van der Waals surface area contributed by atoms with Gasteiger partial charge in [0.1, 0.15) is 43.2 Å². The second kappa shape index (κ2) is 7.23. The standard InChI is InChI=1S/C13H24O10/c1-2-5-7(16)9(18)10(19)12(21-5)23-13(4-15)11(20)8(17)6(3-14)22-13/h5-12,14-20H,2-4H2,1H3/t5-,6-,7-,8-,9+,10+,11+,12-,13+/m1/s1. The van der Waals surface area contributed by atoms with E-state index >= 15 is 0 Å². The van der Waals surface area contributed by atoms with E-state index in [-0.39, 0.29) is 0 Å². The summed E-state index contributed by atoms with van der Waals surface area (Å²) in [6.07, 6.45) is -11.1. The van der Waals surface area contributed by atoms with Gasteiger partial charge in [0, 0.05) is 0 Å². The van der Waals surface area contributed by atoms with Crippen molar-refractivity contribution >= 4 is 0 Å². The summed E-state index contributed by atoms with van der Waals surface area (Å²) in [5, 5.41) is 68.1. The van der Waals surface area contributed by atoms with Crippen molar-refractivity contribution in [3.05, 3.63) is 0 Å². The van der Waals surface area contributed by atoms with Gasteiger partial charge >= 0.3 is 0 Å². The molecule has 0 amide bonds. The lowest BCUT2D eigenvalue weighted by atomic mass is 9.97. The molecule has 7 N–H and O–H groups in total. The molecule has 9 atom stereocenters. The van der Waals surface area contributed by atoms with E-state index in [9.17, 15) is 30.6 Å². The van der Waals surface area contributed by atoms with Gasteiger partial charge in [-0.3, -0.25) is 0 Å². The van der Waals surface area contributed by atoms with Crippen LogP contribution in [0.4, 0.5) is 0 Å². The largest absolute Gasteiger partial charge is 0.394 e. The molecule has 0 spiro atoms. The van der Waals surface area contributed by atoms with Crippen molar-refractivity contribution in [1.29, 1.82) is 0 Å². The molecule has 0 aliphatic carbocycles. The number of aliphatic hydroxyl groups excluding tert-OH is 7. The van der Waals surface area contributed by atoms with Gasteiger partial charge in [-0.05, 0) is 6.42 Å². The van der Waals surface area contributed by atoms with Crippen molar-refractivity contribution < 1.29 is 50.0 Å². The molecule has 0 aromatic carbocycles. The molecule has 2 rings (SSSR count). The lowest BCUT2D eigenvalue weighted by Gasteiger charge is -2.43. The van der Waals surface area contributed by atoms with E-state index in [0.29, 0.717) is 6.42 Å². The van der Waals surface area contributed by atoms with Gasteiger partial charge in [0.2, 0.25) is 5.79 Å². The van der Waals surface area contributed by atoms with Gasteiger partial charge in [0.05, 0.1) is 12.7 Å². The Morgan fingerprint density at radius 3 is 2.04 bits per heavy atom. The summed E-state index contributed by atoms with van der Waals surface area (Å²) >= 11 is 0. The predicted octanol–water partition coefficient (Wildman–Crippen LogP) is -3.98. The van der Waals surface area contributed by atoms with E-state index < -0.39 is 68.0 Å². The Morgan fingerprint density at radius 1 is 0.913 bits per heavy atom. The van der Waals surface area contributed by atoms with Gasteiger partial charge in [-0.2, -0.15) is 0 Å². The molecule has 10 heteroatoms. The van der Waals surface area contributed by atoms with Crippen LogP contribution in [-0.4, -0.2) is 104 Å². The molecule has 0 radical (unpaired) electrons. The molecule has 0 aromatic heterocycles. The maximum atomic E-state index is 10.0. The fourth-order valence-corrected chi connectivity index (χ4v) is 2.82. The normalized spacial score (nSPS) is 51.1. The van der Waals surface area contributed by atoms with Gasteiger partial charge < -0.3 is 50.0 Å². The quantitative estimate of drug-likeness (QED) is 0.262. The predicted molar refractivity (Wildman–Crippen MR) is 71.8 cm³/mol. The van der Waals surface area contributed by atoms with E-state index in [1.807, 2.05) is 0 Å². The summed E-state index contributed by atoms with van der Waals surface area (Å²) in [7, 11) is 0. The Bertz CT molecular complexity index is 393. The van der Waals surface area contributed by atoms with Crippen LogP contribution in [0.25, 0.3) is 0 Å². The third-order valence-electron chi connectivity index (χ3n) is 4.29. The van der Waals surface area contributed by atoms with Crippen molar-refractivity contribution in [2.24, 2.45) is 0 Å². The van der Waals surface area contributed by atoms with Crippen LogP contribution >= 0.6 is 0 Å². The lowest BCUT2D eigenvalue weighted by molar-refractivity contribution is -0.382. The highest BCUT2D eigenvalue weighted by Crippen LogP contribution is 2.36. The summed E-state index contributed by atoms with van der Waals surface area (Å²) in [6, 6.07) is 0. The van der Waals surface area contributed by atoms with Gasteiger partial charge in [-0.15, -0.1) is 0 Å². The average Bonchev–Trinajstić information content (AvgIpc) is 2.80. The molecule has 0 aromatic rings. The highest BCUT2D eigenvalue weighted by Gasteiger charge is 2.58. The van der Waals surface area contributed by atoms with Crippen LogP contribution in [0, 0.1) is 0 Å². The minimum atomic E-state index is -2.14.